The fourth-order valence-corrected chi connectivity index (χ4v) is 22.7. The van der Waals surface area contributed by atoms with Crippen LogP contribution in [0.4, 0.5) is 0 Å². The Bertz CT molecular complexity index is 8050. The highest BCUT2D eigenvalue weighted by Gasteiger charge is 2.25. The Labute approximate surface area is 795 Å². The molecular formula is C118H74N14S4. The molecular weight excluding hydrogens is 1740 g/mol. The largest absolute Gasteiger partial charge is 0.309 e. The van der Waals surface area contributed by atoms with Gasteiger partial charge in [-0.1, -0.05) is 243 Å². The minimum atomic E-state index is 0.620. The number of hydrogen-bond donors (Lipinski definition) is 0. The molecule has 136 heavy (non-hydrogen) atoms. The summed E-state index contributed by atoms with van der Waals surface area (Å²) < 4.78 is 14.4. The van der Waals surface area contributed by atoms with Crippen molar-refractivity contribution in [1.82, 2.24) is 68.1 Å². The maximum atomic E-state index is 5.09. The zero-order chi connectivity index (χ0) is 89.9. The fraction of sp³-hybridized carbons (Fsp3) is 0. The second-order valence-electron chi connectivity index (χ2n) is 33.1. The Morgan fingerprint density at radius 3 is 0.875 bits per heavy atom. The molecule has 14 nitrogen and oxygen atoms in total. The summed E-state index contributed by atoms with van der Waals surface area (Å²) in [6.07, 6.45) is 11.1. The molecule has 0 saturated heterocycles. The monoisotopic (exact) mass is 1810 g/mol. The van der Waals surface area contributed by atoms with Crippen LogP contribution in [0.3, 0.4) is 0 Å². The molecule has 640 valence electrons. The van der Waals surface area contributed by atoms with Gasteiger partial charge in [-0.15, -0.1) is 45.3 Å². The second-order valence-corrected chi connectivity index (χ2v) is 36.7. The van der Waals surface area contributed by atoms with Crippen molar-refractivity contribution < 1.29 is 0 Å². The number of pyridine rings is 5. The molecule has 0 bridgehead atoms. The van der Waals surface area contributed by atoms with E-state index >= 15 is 0 Å². The van der Waals surface area contributed by atoms with Gasteiger partial charge in [-0.05, 0) is 200 Å². The molecule has 0 saturated carbocycles. The summed E-state index contributed by atoms with van der Waals surface area (Å²) in [5.74, 6) is 2.62. The predicted molar refractivity (Wildman–Crippen MR) is 566 cm³/mol. The summed E-state index contributed by atoms with van der Waals surface area (Å²) in [6, 6.07) is 135. The molecule has 0 amide bonds. The lowest BCUT2D eigenvalue weighted by Crippen LogP contribution is -2.06. The Morgan fingerprint density at radius 1 is 0.191 bits per heavy atom. The Morgan fingerprint density at radius 2 is 0.515 bits per heavy atom. The van der Waals surface area contributed by atoms with Crippen molar-refractivity contribution in [2.75, 3.05) is 0 Å². The van der Waals surface area contributed by atoms with Gasteiger partial charge in [0.15, 0.2) is 11.6 Å². The van der Waals surface area contributed by atoms with E-state index in [1.807, 2.05) is 182 Å². The van der Waals surface area contributed by atoms with Crippen LogP contribution in [-0.4, -0.2) is 68.1 Å². The van der Waals surface area contributed by atoms with Gasteiger partial charge in [0, 0.05) is 138 Å². The van der Waals surface area contributed by atoms with E-state index in [-0.39, 0.29) is 0 Å². The van der Waals surface area contributed by atoms with Crippen molar-refractivity contribution in [3.63, 3.8) is 0 Å². The van der Waals surface area contributed by atoms with Crippen molar-refractivity contribution in [3.8, 4) is 114 Å². The third kappa shape index (κ3) is 14.6. The van der Waals surface area contributed by atoms with Crippen LogP contribution in [0.25, 0.3) is 241 Å². The van der Waals surface area contributed by atoms with Crippen molar-refractivity contribution >= 4 is 173 Å². The van der Waals surface area contributed by atoms with Crippen molar-refractivity contribution in [3.05, 3.63) is 447 Å². The molecule has 0 aliphatic rings. The first-order valence-corrected chi connectivity index (χ1v) is 48.3. The summed E-state index contributed by atoms with van der Waals surface area (Å²) in [5, 5.41) is 23.8. The lowest BCUT2D eigenvalue weighted by molar-refractivity contribution is 0.953. The minimum absolute atomic E-state index is 0.620. The molecule has 13 aromatic carbocycles. The summed E-state index contributed by atoms with van der Waals surface area (Å²) in [7, 11) is 0. The molecule has 15 heterocycles. The molecule has 15 aromatic heterocycles. The van der Waals surface area contributed by atoms with Gasteiger partial charge >= 0.3 is 0 Å². The number of nitrogens with zero attached hydrogens (tertiary/aromatic N) is 14. The number of fused-ring (bicyclic) bond motifs is 20. The van der Waals surface area contributed by atoms with Gasteiger partial charge in [0.25, 0.3) is 0 Å². The normalized spacial score (nSPS) is 11.5. The van der Waals surface area contributed by atoms with E-state index < -0.39 is 0 Å². The second kappa shape index (κ2) is 34.8. The van der Waals surface area contributed by atoms with E-state index in [9.17, 15) is 0 Å². The van der Waals surface area contributed by atoms with Crippen LogP contribution in [0, 0.1) is 0 Å². The maximum absolute atomic E-state index is 5.09. The molecule has 28 rings (SSSR count). The molecule has 0 aliphatic heterocycles. The predicted octanol–water partition coefficient (Wildman–Crippen LogP) is 31.3. The zero-order valence-corrected chi connectivity index (χ0v) is 75.9. The minimum Gasteiger partial charge on any atom is -0.309 e. The number of thiophene rings is 4. The first kappa shape index (κ1) is 80.8. The van der Waals surface area contributed by atoms with Crippen molar-refractivity contribution in [2.24, 2.45) is 0 Å². The smallest absolute Gasteiger partial charge is 0.238 e. The SMILES string of the molecule is c1ccc(-c2cc(-c3ccccc3)nc(-n3c4ccccc4c4c5sccc5ccc43)n2)cc1.c1ccc(-c2cc(-n3c4ccccc4c4c5sccc5ccc43)cc(-c3ccccn3)n2)nc1.c1ccc(-c2nc(-c3ccccc3)nc(-n3c4ccccc4c4c5sccc5ccc43)n2)cc1.c1cncc(-c2cc(-c3cccnc3)cc(-n3c4ccccc4c4c5sccc5ccc43)c2)c1. The van der Waals surface area contributed by atoms with Crippen LogP contribution >= 0.6 is 45.3 Å². The average Bonchev–Trinajstić information content (AvgIpc) is 1.59. The van der Waals surface area contributed by atoms with E-state index in [1.165, 1.54) is 106 Å². The third-order valence-electron chi connectivity index (χ3n) is 25.0. The Balaban J connectivity index is 0.0000000965. The van der Waals surface area contributed by atoms with Gasteiger partial charge in [0.05, 0.1) is 84.0 Å². The van der Waals surface area contributed by atoms with Crippen LogP contribution in [0.15, 0.2) is 447 Å². The maximum Gasteiger partial charge on any atom is 0.238 e. The van der Waals surface area contributed by atoms with Crippen molar-refractivity contribution in [1.29, 1.82) is 0 Å². The number of benzene rings is 13. The van der Waals surface area contributed by atoms with E-state index in [1.54, 1.807) is 46.4 Å². The number of para-hydroxylation sites is 4. The van der Waals surface area contributed by atoms with Gasteiger partial charge < -0.3 is 9.13 Å². The van der Waals surface area contributed by atoms with E-state index in [4.69, 9.17) is 29.9 Å². The quantitative estimate of drug-likeness (QED) is 0.116. The summed E-state index contributed by atoms with van der Waals surface area (Å²) in [6.45, 7) is 0. The Hall–Kier alpha value is -17.3. The molecule has 18 heteroatoms. The highest BCUT2D eigenvalue weighted by molar-refractivity contribution is 7.19. The lowest BCUT2D eigenvalue weighted by atomic mass is 9.99. The van der Waals surface area contributed by atoms with E-state index in [0.29, 0.717) is 23.5 Å². The van der Waals surface area contributed by atoms with Crippen LogP contribution < -0.4 is 0 Å². The van der Waals surface area contributed by atoms with Gasteiger partial charge in [-0.2, -0.15) is 9.97 Å². The highest BCUT2D eigenvalue weighted by Crippen LogP contribution is 2.46. The van der Waals surface area contributed by atoms with Crippen LogP contribution in [0.2, 0.25) is 0 Å². The first-order chi connectivity index (χ1) is 67.5. The van der Waals surface area contributed by atoms with Crippen LogP contribution in [0.5, 0.6) is 0 Å². The third-order valence-corrected chi connectivity index (χ3v) is 28.8. The van der Waals surface area contributed by atoms with Crippen LogP contribution in [0.1, 0.15) is 0 Å². The Kier molecular flexibility index (Phi) is 20.7. The molecule has 0 fully saturated rings. The lowest BCUT2D eigenvalue weighted by Gasteiger charge is -2.13. The molecule has 28 aromatic rings. The van der Waals surface area contributed by atoms with Crippen LogP contribution in [-0.2, 0) is 0 Å². The fourth-order valence-electron chi connectivity index (χ4n) is 18.9. The highest BCUT2D eigenvalue weighted by atomic mass is 32.1. The molecule has 0 aliphatic carbocycles. The molecule has 0 unspecified atom stereocenters. The number of hydrogen-bond acceptors (Lipinski definition) is 14. The summed E-state index contributed by atoms with van der Waals surface area (Å²) in [4.78, 5) is 47.8. The summed E-state index contributed by atoms with van der Waals surface area (Å²) >= 11 is 7.16. The van der Waals surface area contributed by atoms with Gasteiger partial charge in [-0.25, -0.2) is 19.9 Å². The van der Waals surface area contributed by atoms with Gasteiger partial charge in [0.2, 0.25) is 11.9 Å². The molecule has 0 atom stereocenters. The van der Waals surface area contributed by atoms with E-state index in [0.717, 1.165) is 112 Å². The number of aromatic nitrogens is 14. The summed E-state index contributed by atoms with van der Waals surface area (Å²) in [5.41, 5.74) is 25.0. The molecule has 0 radical (unpaired) electrons. The zero-order valence-electron chi connectivity index (χ0n) is 72.6. The van der Waals surface area contributed by atoms with Gasteiger partial charge in [0.1, 0.15) is 0 Å². The number of rotatable bonds is 12. The van der Waals surface area contributed by atoms with Crippen molar-refractivity contribution in [2.45, 2.75) is 0 Å². The van der Waals surface area contributed by atoms with E-state index in [2.05, 4.69) is 302 Å². The standard InChI is InChI=1S/2C30H19N3S.2C29H18N4S/c1-3-9-20(10-4-1)24-19-25(21-11-5-2-6-12-21)32-30(31-24)33-26-14-8-7-13-23(26)28-27(33)16-15-22-17-18-34-29(22)28;1-2-8-27-26(7-1)29-28(10-9-20-11-14-34-30(20)29)33(27)25-16-23(21-5-3-12-31-18-21)15-24(17-25)22-6-4-13-32-19-22;1-3-9-20(10-4-1)27-30-28(21-11-5-2-6-12-21)32-29(31-27)33-23-14-8-7-13-22(23)25-24(33)16-15-19-17-18-34-26(19)25;1-2-10-26-21(7-1)28-27(12-11-19-13-16-34-29(19)28)33(26)20-17-24(22-8-3-5-14-30-22)32-25(18-20)23-9-4-6-15-31-23/h2*1-19H;2*1-18H. The molecule has 0 N–H and O–H groups in total. The topological polar surface area (TPSA) is 149 Å². The molecule has 0 spiro atoms. The average molecular weight is 1820 g/mol. The first-order valence-electron chi connectivity index (χ1n) is 44.7. The van der Waals surface area contributed by atoms with Gasteiger partial charge in [-0.3, -0.25) is 29.1 Å².